The van der Waals surface area contributed by atoms with Gasteiger partial charge in [-0.3, -0.25) is 4.79 Å². The van der Waals surface area contributed by atoms with E-state index in [4.69, 9.17) is 0 Å². The van der Waals surface area contributed by atoms with Crippen LogP contribution in [0.2, 0.25) is 0 Å². The maximum absolute atomic E-state index is 11.6. The van der Waals surface area contributed by atoms with Crippen LogP contribution in [0.1, 0.15) is 32.1 Å². The lowest BCUT2D eigenvalue weighted by Gasteiger charge is -2.53. The molecule has 4 aliphatic rings. The summed E-state index contributed by atoms with van der Waals surface area (Å²) < 4.78 is 4.42. The van der Waals surface area contributed by atoms with Crippen molar-refractivity contribution in [3.63, 3.8) is 0 Å². The van der Waals surface area contributed by atoms with E-state index in [1.807, 2.05) is 0 Å². The highest BCUT2D eigenvalue weighted by Gasteiger charge is 2.51. The van der Waals surface area contributed by atoms with Gasteiger partial charge in [0.25, 0.3) is 0 Å². The molecule has 4 saturated carbocycles. The first-order valence-corrected chi connectivity index (χ1v) is 5.85. The van der Waals surface area contributed by atoms with Crippen molar-refractivity contribution in [2.45, 2.75) is 32.1 Å². The number of rotatable bonds is 2. The van der Waals surface area contributed by atoms with Crippen LogP contribution in [-0.4, -0.2) is 12.4 Å². The standard InChI is InChI=1S/C12H15O3/c13-6-15-12(14)11-9-2-7-1-8(4-9)5-10(11)3-7/h7-11H,1-5H2. The van der Waals surface area contributed by atoms with Gasteiger partial charge >= 0.3 is 12.4 Å². The molecule has 0 amide bonds. The maximum atomic E-state index is 11.6. The zero-order valence-electron chi connectivity index (χ0n) is 8.65. The Hall–Kier alpha value is -0.860. The molecule has 0 aromatic carbocycles. The molecule has 81 valence electrons. The second-order valence-electron chi connectivity index (χ2n) is 5.46. The summed E-state index contributed by atoms with van der Waals surface area (Å²) in [5.41, 5.74) is 0. The fraction of sp³-hybridized carbons (Fsp3) is 0.833. The molecule has 4 rings (SSSR count). The van der Waals surface area contributed by atoms with E-state index < -0.39 is 0 Å². The van der Waals surface area contributed by atoms with Gasteiger partial charge in [-0.2, -0.15) is 0 Å². The van der Waals surface area contributed by atoms with Gasteiger partial charge in [0.1, 0.15) is 0 Å². The molecule has 0 heterocycles. The zero-order valence-corrected chi connectivity index (χ0v) is 8.65. The third-order valence-electron chi connectivity index (χ3n) is 4.64. The van der Waals surface area contributed by atoms with Gasteiger partial charge < -0.3 is 4.74 Å². The molecule has 0 spiro atoms. The molecular formula is C12H15O3. The molecule has 0 saturated heterocycles. The van der Waals surface area contributed by atoms with E-state index >= 15 is 0 Å². The molecular weight excluding hydrogens is 192 g/mol. The Morgan fingerprint density at radius 2 is 1.53 bits per heavy atom. The van der Waals surface area contributed by atoms with E-state index in [0.717, 1.165) is 11.8 Å². The first kappa shape index (κ1) is 9.37. The van der Waals surface area contributed by atoms with Crippen molar-refractivity contribution < 1.29 is 14.3 Å². The van der Waals surface area contributed by atoms with E-state index in [9.17, 15) is 9.59 Å². The summed E-state index contributed by atoms with van der Waals surface area (Å²) in [7, 11) is 0. The minimum Gasteiger partial charge on any atom is -0.384 e. The normalized spacial score (nSPS) is 46.5. The van der Waals surface area contributed by atoms with Gasteiger partial charge in [-0.15, -0.1) is 0 Å². The van der Waals surface area contributed by atoms with Crippen LogP contribution >= 0.6 is 0 Å². The van der Waals surface area contributed by atoms with Gasteiger partial charge in [-0.1, -0.05) is 0 Å². The van der Waals surface area contributed by atoms with Crippen LogP contribution in [0.4, 0.5) is 0 Å². The molecule has 0 unspecified atom stereocenters. The summed E-state index contributed by atoms with van der Waals surface area (Å²) in [6, 6.07) is 0. The molecule has 0 N–H and O–H groups in total. The summed E-state index contributed by atoms with van der Waals surface area (Å²) in [5.74, 6) is 2.34. The molecule has 0 atom stereocenters. The molecule has 4 bridgehead atoms. The average molecular weight is 207 g/mol. The lowest BCUT2D eigenvalue weighted by molar-refractivity contribution is -0.153. The SMILES string of the molecule is O=[C]OC(=O)C1C2CC3CC(C2)CC1C3. The van der Waals surface area contributed by atoms with E-state index in [-0.39, 0.29) is 11.9 Å². The maximum Gasteiger partial charge on any atom is 0.425 e. The van der Waals surface area contributed by atoms with Gasteiger partial charge in [0.2, 0.25) is 0 Å². The molecule has 0 aromatic heterocycles. The van der Waals surface area contributed by atoms with Crippen LogP contribution < -0.4 is 0 Å². The van der Waals surface area contributed by atoms with E-state index in [2.05, 4.69) is 4.74 Å². The first-order chi connectivity index (χ1) is 7.28. The van der Waals surface area contributed by atoms with Crippen molar-refractivity contribution in [2.75, 3.05) is 0 Å². The Balaban J connectivity index is 1.79. The molecule has 0 aliphatic heterocycles. The fourth-order valence-electron chi connectivity index (χ4n) is 4.42. The predicted octanol–water partition coefficient (Wildman–Crippen LogP) is 1.67. The van der Waals surface area contributed by atoms with Crippen LogP contribution in [0.3, 0.4) is 0 Å². The molecule has 1 radical (unpaired) electrons. The van der Waals surface area contributed by atoms with Crippen molar-refractivity contribution in [2.24, 2.45) is 29.6 Å². The minimum atomic E-state index is -0.321. The number of hydrogen-bond acceptors (Lipinski definition) is 3. The molecule has 3 heteroatoms. The Labute approximate surface area is 89.2 Å². The first-order valence-electron chi connectivity index (χ1n) is 5.85. The van der Waals surface area contributed by atoms with Crippen molar-refractivity contribution in [1.29, 1.82) is 0 Å². The average Bonchev–Trinajstić information content (AvgIpc) is 2.15. The lowest BCUT2D eigenvalue weighted by Crippen LogP contribution is -2.48. The lowest BCUT2D eigenvalue weighted by atomic mass is 9.52. The molecule has 4 aliphatic carbocycles. The van der Waals surface area contributed by atoms with Crippen LogP contribution in [-0.2, 0) is 14.3 Å². The summed E-state index contributed by atoms with van der Waals surface area (Å²) in [5, 5.41) is 0. The second kappa shape index (κ2) is 3.32. The summed E-state index contributed by atoms with van der Waals surface area (Å²) >= 11 is 0. The van der Waals surface area contributed by atoms with Crippen molar-refractivity contribution in [3.8, 4) is 0 Å². The third-order valence-corrected chi connectivity index (χ3v) is 4.64. The number of carbonyl (C=O) groups excluding carboxylic acids is 2. The minimum absolute atomic E-state index is 0.000694. The molecule has 15 heavy (non-hydrogen) atoms. The van der Waals surface area contributed by atoms with Gasteiger partial charge in [-0.25, -0.2) is 4.79 Å². The third kappa shape index (κ3) is 1.40. The smallest absolute Gasteiger partial charge is 0.384 e. The highest BCUT2D eigenvalue weighted by atomic mass is 16.6. The summed E-state index contributed by atoms with van der Waals surface area (Å²) in [4.78, 5) is 21.7. The van der Waals surface area contributed by atoms with Crippen molar-refractivity contribution in [3.05, 3.63) is 0 Å². The molecule has 4 fully saturated rings. The van der Waals surface area contributed by atoms with Crippen LogP contribution in [0, 0.1) is 29.6 Å². The Morgan fingerprint density at radius 1 is 1.00 bits per heavy atom. The number of esters is 1. The van der Waals surface area contributed by atoms with Crippen LogP contribution in [0.5, 0.6) is 0 Å². The van der Waals surface area contributed by atoms with E-state index in [1.165, 1.54) is 38.6 Å². The molecule has 3 nitrogen and oxygen atoms in total. The van der Waals surface area contributed by atoms with Gasteiger partial charge in [-0.05, 0) is 55.8 Å². The quantitative estimate of drug-likeness (QED) is 0.511. The Kier molecular flexibility index (Phi) is 2.08. The largest absolute Gasteiger partial charge is 0.425 e. The summed E-state index contributed by atoms with van der Waals surface area (Å²) in [6.45, 7) is 1.28. The highest BCUT2D eigenvalue weighted by Crippen LogP contribution is 2.56. The number of carbonyl (C=O) groups is 1. The van der Waals surface area contributed by atoms with E-state index in [0.29, 0.717) is 11.8 Å². The fourth-order valence-corrected chi connectivity index (χ4v) is 4.42. The van der Waals surface area contributed by atoms with Gasteiger partial charge in [0, 0.05) is 0 Å². The molecule has 0 aromatic rings. The topological polar surface area (TPSA) is 43.4 Å². The highest BCUT2D eigenvalue weighted by molar-refractivity contribution is 5.79. The van der Waals surface area contributed by atoms with Crippen LogP contribution in [0.25, 0.3) is 0 Å². The predicted molar refractivity (Wildman–Crippen MR) is 52.3 cm³/mol. The Bertz CT molecular complexity index is 269. The van der Waals surface area contributed by atoms with Gasteiger partial charge in [0.15, 0.2) is 0 Å². The number of hydrogen-bond donors (Lipinski definition) is 0. The summed E-state index contributed by atoms with van der Waals surface area (Å²) in [6.07, 6.45) is 6.06. The van der Waals surface area contributed by atoms with Crippen molar-refractivity contribution in [1.82, 2.24) is 0 Å². The van der Waals surface area contributed by atoms with E-state index in [1.54, 1.807) is 0 Å². The second-order valence-corrected chi connectivity index (χ2v) is 5.46. The van der Waals surface area contributed by atoms with Gasteiger partial charge in [0.05, 0.1) is 5.92 Å². The number of ether oxygens (including phenoxy) is 1. The van der Waals surface area contributed by atoms with Crippen LogP contribution in [0.15, 0.2) is 0 Å². The van der Waals surface area contributed by atoms with Crippen molar-refractivity contribution >= 4 is 12.4 Å². The zero-order chi connectivity index (χ0) is 10.4. The Morgan fingerprint density at radius 3 is 2.00 bits per heavy atom. The monoisotopic (exact) mass is 207 g/mol.